The first-order valence-electron chi connectivity index (χ1n) is 7.17. The molecule has 0 amide bonds. The van der Waals surface area contributed by atoms with Crippen LogP contribution < -0.4 is 0 Å². The van der Waals surface area contributed by atoms with Crippen molar-refractivity contribution >= 4 is 17.6 Å². The number of hydrogen-bond acceptors (Lipinski definition) is 3. The quantitative estimate of drug-likeness (QED) is 0.721. The second kappa shape index (κ2) is 4.89. The first-order valence-corrected chi connectivity index (χ1v) is 7.17. The predicted molar refractivity (Wildman–Crippen MR) is 79.3 cm³/mol. The van der Waals surface area contributed by atoms with Gasteiger partial charge in [0.2, 0.25) is 5.90 Å². The number of rotatable bonds is 1. The van der Waals surface area contributed by atoms with E-state index in [-0.39, 0.29) is 5.97 Å². The number of esters is 1. The van der Waals surface area contributed by atoms with Crippen LogP contribution in [0, 0.1) is 20.8 Å². The molecule has 0 unspecified atom stereocenters. The number of benzene rings is 1. The van der Waals surface area contributed by atoms with Crippen LogP contribution in [0.5, 0.6) is 0 Å². The van der Waals surface area contributed by atoms with Gasteiger partial charge in [-0.3, -0.25) is 0 Å². The topological polar surface area (TPSA) is 38.7 Å². The van der Waals surface area contributed by atoms with Gasteiger partial charge in [-0.15, -0.1) is 0 Å². The number of aryl methyl sites for hydroxylation is 3. The second-order valence-electron chi connectivity index (χ2n) is 5.69. The summed E-state index contributed by atoms with van der Waals surface area (Å²) in [5.74, 6) is 0.330. The summed E-state index contributed by atoms with van der Waals surface area (Å²) in [6.45, 7) is 6.21. The number of aliphatic imine (C=N–C) groups is 1. The van der Waals surface area contributed by atoms with Crippen LogP contribution in [0.3, 0.4) is 0 Å². The lowest BCUT2D eigenvalue weighted by Gasteiger charge is -2.10. The number of ether oxygens (including phenoxy) is 1. The summed E-state index contributed by atoms with van der Waals surface area (Å²) in [7, 11) is 0. The Balaban J connectivity index is 2.03. The molecule has 3 nitrogen and oxygen atoms in total. The van der Waals surface area contributed by atoms with Crippen molar-refractivity contribution in [1.29, 1.82) is 0 Å². The minimum absolute atomic E-state index is 0.195. The molecule has 0 bridgehead atoms. The maximum absolute atomic E-state index is 11.9. The lowest BCUT2D eigenvalue weighted by Crippen LogP contribution is -2.03. The van der Waals surface area contributed by atoms with Gasteiger partial charge in [0.1, 0.15) is 0 Å². The van der Waals surface area contributed by atoms with Crippen LogP contribution in [0.15, 0.2) is 28.3 Å². The highest BCUT2D eigenvalue weighted by Gasteiger charge is 2.32. The molecular weight excluding hydrogens is 250 g/mol. The Morgan fingerprint density at radius 3 is 2.35 bits per heavy atom. The zero-order valence-electron chi connectivity index (χ0n) is 12.2. The largest absolute Gasteiger partial charge is 0.404 e. The Morgan fingerprint density at radius 2 is 1.60 bits per heavy atom. The van der Waals surface area contributed by atoms with Crippen molar-refractivity contribution in [2.45, 2.75) is 46.5 Å². The number of nitrogens with zero attached hydrogens (tertiary/aromatic N) is 1. The van der Waals surface area contributed by atoms with Gasteiger partial charge in [-0.05, 0) is 69.2 Å². The van der Waals surface area contributed by atoms with Crippen molar-refractivity contribution in [3.63, 3.8) is 0 Å². The van der Waals surface area contributed by atoms with Gasteiger partial charge in [-0.25, -0.2) is 9.79 Å². The third-order valence-electron chi connectivity index (χ3n) is 4.20. The van der Waals surface area contributed by atoms with E-state index in [1.807, 2.05) is 6.92 Å². The molecule has 1 aliphatic carbocycles. The molecule has 0 saturated carbocycles. The lowest BCUT2D eigenvalue weighted by molar-refractivity contribution is -0.130. The van der Waals surface area contributed by atoms with Gasteiger partial charge in [-0.1, -0.05) is 6.07 Å². The number of hydrogen-bond donors (Lipinski definition) is 0. The molecule has 0 atom stereocenters. The van der Waals surface area contributed by atoms with Gasteiger partial charge in [0.25, 0.3) is 0 Å². The van der Waals surface area contributed by atoms with Crippen molar-refractivity contribution in [3.05, 3.63) is 40.0 Å². The zero-order valence-corrected chi connectivity index (χ0v) is 12.2. The van der Waals surface area contributed by atoms with Crippen LogP contribution >= 0.6 is 0 Å². The molecule has 20 heavy (non-hydrogen) atoms. The fourth-order valence-corrected chi connectivity index (χ4v) is 2.84. The predicted octanol–water partition coefficient (Wildman–Crippen LogP) is 4.07. The smallest absolute Gasteiger partial charge is 0.341 e. The molecule has 0 fully saturated rings. The first kappa shape index (κ1) is 13.1. The zero-order chi connectivity index (χ0) is 14.3. The molecule has 0 radical (unpaired) electrons. The van der Waals surface area contributed by atoms with Crippen molar-refractivity contribution in [3.8, 4) is 0 Å². The van der Waals surface area contributed by atoms with E-state index < -0.39 is 0 Å². The van der Waals surface area contributed by atoms with Gasteiger partial charge in [0.15, 0.2) is 0 Å². The molecule has 3 heteroatoms. The SMILES string of the molecule is Cc1cc(C)c(N=C2OC(=O)C3=C2CCCC3)cc1C. The van der Waals surface area contributed by atoms with Crippen LogP contribution in [-0.2, 0) is 9.53 Å². The van der Waals surface area contributed by atoms with Crippen LogP contribution in [0.1, 0.15) is 42.4 Å². The van der Waals surface area contributed by atoms with Crippen LogP contribution in [-0.4, -0.2) is 11.9 Å². The average Bonchev–Trinajstić information content (AvgIpc) is 2.74. The third-order valence-corrected chi connectivity index (χ3v) is 4.20. The van der Waals surface area contributed by atoms with Crippen molar-refractivity contribution in [2.75, 3.05) is 0 Å². The van der Waals surface area contributed by atoms with Gasteiger partial charge in [-0.2, -0.15) is 0 Å². The Hall–Kier alpha value is -1.90. The van der Waals surface area contributed by atoms with Gasteiger partial charge < -0.3 is 4.74 Å². The van der Waals surface area contributed by atoms with E-state index in [1.54, 1.807) is 0 Å². The van der Waals surface area contributed by atoms with Gasteiger partial charge in [0.05, 0.1) is 5.69 Å². The highest BCUT2D eigenvalue weighted by molar-refractivity contribution is 6.15. The minimum atomic E-state index is -0.195. The summed E-state index contributed by atoms with van der Waals surface area (Å²) < 4.78 is 5.37. The summed E-state index contributed by atoms with van der Waals surface area (Å²) in [6.07, 6.45) is 3.92. The van der Waals surface area contributed by atoms with Gasteiger partial charge >= 0.3 is 5.97 Å². The number of carbonyl (C=O) groups is 1. The van der Waals surface area contributed by atoms with Crippen LogP contribution in [0.4, 0.5) is 5.69 Å². The Morgan fingerprint density at radius 1 is 0.950 bits per heavy atom. The molecule has 3 rings (SSSR count). The fraction of sp³-hybridized carbons (Fsp3) is 0.412. The molecule has 1 aromatic carbocycles. The van der Waals surface area contributed by atoms with E-state index in [1.165, 1.54) is 11.1 Å². The molecule has 0 saturated heterocycles. The molecule has 1 aromatic rings. The molecule has 1 heterocycles. The van der Waals surface area contributed by atoms with Crippen molar-refractivity contribution < 1.29 is 9.53 Å². The molecule has 2 aliphatic rings. The third kappa shape index (κ3) is 2.17. The van der Waals surface area contributed by atoms with Crippen LogP contribution in [0.2, 0.25) is 0 Å². The van der Waals surface area contributed by atoms with Gasteiger partial charge in [0, 0.05) is 11.1 Å². The van der Waals surface area contributed by atoms with E-state index in [9.17, 15) is 4.79 Å². The summed E-state index contributed by atoms with van der Waals surface area (Å²) in [5, 5.41) is 0. The van der Waals surface area contributed by atoms with E-state index in [0.29, 0.717) is 5.90 Å². The van der Waals surface area contributed by atoms with E-state index in [2.05, 4.69) is 31.0 Å². The molecule has 104 valence electrons. The lowest BCUT2D eigenvalue weighted by atomic mass is 9.93. The van der Waals surface area contributed by atoms with Crippen molar-refractivity contribution in [1.82, 2.24) is 0 Å². The molecule has 0 spiro atoms. The highest BCUT2D eigenvalue weighted by atomic mass is 16.5. The van der Waals surface area contributed by atoms with E-state index >= 15 is 0 Å². The molecule has 0 N–H and O–H groups in total. The Kier molecular flexibility index (Phi) is 3.20. The second-order valence-corrected chi connectivity index (χ2v) is 5.69. The maximum Gasteiger partial charge on any atom is 0.341 e. The van der Waals surface area contributed by atoms with Crippen LogP contribution in [0.25, 0.3) is 0 Å². The molecule has 1 aliphatic heterocycles. The Labute approximate surface area is 119 Å². The normalized spacial score (nSPS) is 20.4. The molecule has 0 aromatic heterocycles. The monoisotopic (exact) mass is 269 g/mol. The first-order chi connectivity index (χ1) is 9.56. The summed E-state index contributed by atoms with van der Waals surface area (Å²) in [4.78, 5) is 16.5. The van der Waals surface area contributed by atoms with E-state index in [0.717, 1.165) is 48.1 Å². The maximum atomic E-state index is 11.9. The van der Waals surface area contributed by atoms with Crippen molar-refractivity contribution in [2.24, 2.45) is 4.99 Å². The Bertz CT molecular complexity index is 653. The average molecular weight is 269 g/mol. The van der Waals surface area contributed by atoms with E-state index in [4.69, 9.17) is 4.74 Å². The standard InChI is InChI=1S/C17H19NO2/c1-10-8-12(3)15(9-11(10)2)18-16-13-6-4-5-7-14(13)17(19)20-16/h8-9H,4-7H2,1-3H3. The highest BCUT2D eigenvalue weighted by Crippen LogP contribution is 2.34. The fourth-order valence-electron chi connectivity index (χ4n) is 2.84. The minimum Gasteiger partial charge on any atom is -0.404 e. The summed E-state index contributed by atoms with van der Waals surface area (Å²) in [6, 6.07) is 4.19. The number of carbonyl (C=O) groups excluding carboxylic acids is 1. The number of cyclic esters (lactones) is 1. The summed E-state index contributed by atoms with van der Waals surface area (Å²) >= 11 is 0. The summed E-state index contributed by atoms with van der Waals surface area (Å²) in [5.41, 5.74) is 6.34. The molecular formula is C17H19NO2.